The standard InChI is InChI=1S/C22H26BClN8O6S2/c1-10-25-12(8-39-10)13(29-38-22(5,6)20(35)37-21(2,3)4)17(33)26-14-18(34)31-15(16-27-30-32(23)28-16)11(7-24)9-40(36)19(14)31/h8,14,19H,7,9H2,1-6H3,(H,26,33)/b29-13-/t14-,19-,40?/m1/s1. The molecule has 2 aromatic rings. The lowest BCUT2D eigenvalue weighted by Gasteiger charge is -2.49. The highest BCUT2D eigenvalue weighted by atomic mass is 35.5. The number of carbonyl (C=O) groups is 3. The fraction of sp³-hybridized carbons (Fsp3) is 0.545. The monoisotopic (exact) mass is 608 g/mol. The van der Waals surface area contributed by atoms with Gasteiger partial charge in [-0.15, -0.1) is 33.1 Å². The van der Waals surface area contributed by atoms with Crippen LogP contribution in [0, 0.1) is 6.92 Å². The van der Waals surface area contributed by atoms with Crippen molar-refractivity contribution >= 4 is 70.9 Å². The number of β-lactam (4-membered cyclic amide) rings is 1. The Morgan fingerprint density at radius 2 is 2.02 bits per heavy atom. The number of thiazole rings is 1. The average molecular weight is 609 g/mol. The first-order valence-electron chi connectivity index (χ1n) is 11.9. The quantitative estimate of drug-likeness (QED) is 0.110. The third-order valence-corrected chi connectivity index (χ3v) is 8.38. The van der Waals surface area contributed by atoms with Gasteiger partial charge in [0, 0.05) is 11.3 Å². The number of fused-ring (bicyclic) bond motifs is 1. The highest BCUT2D eigenvalue weighted by Gasteiger charge is 2.57. The van der Waals surface area contributed by atoms with E-state index in [4.69, 9.17) is 29.2 Å². The van der Waals surface area contributed by atoms with Gasteiger partial charge < -0.3 is 14.9 Å². The van der Waals surface area contributed by atoms with E-state index in [-0.39, 0.29) is 34.6 Å². The molecule has 14 nitrogen and oxygen atoms in total. The van der Waals surface area contributed by atoms with Crippen molar-refractivity contribution in [3.63, 3.8) is 0 Å². The summed E-state index contributed by atoms with van der Waals surface area (Å²) < 4.78 is 19.2. The predicted molar refractivity (Wildman–Crippen MR) is 147 cm³/mol. The van der Waals surface area contributed by atoms with E-state index in [1.54, 1.807) is 33.1 Å². The molecule has 2 radical (unpaired) electrons. The van der Waals surface area contributed by atoms with Gasteiger partial charge in [-0.05, 0) is 47.1 Å². The third-order valence-electron chi connectivity index (χ3n) is 5.63. The minimum atomic E-state index is -1.61. The van der Waals surface area contributed by atoms with E-state index in [0.717, 1.165) is 4.71 Å². The summed E-state index contributed by atoms with van der Waals surface area (Å²) in [5, 5.41) is 19.2. The zero-order chi connectivity index (χ0) is 29.6. The number of alkyl halides is 1. The van der Waals surface area contributed by atoms with Crippen molar-refractivity contribution in [2.75, 3.05) is 11.6 Å². The summed E-state index contributed by atoms with van der Waals surface area (Å²) in [6.45, 7) is 9.75. The molecule has 18 heteroatoms. The van der Waals surface area contributed by atoms with Crippen LogP contribution in [0.3, 0.4) is 0 Å². The van der Waals surface area contributed by atoms with Crippen LogP contribution in [0.25, 0.3) is 5.70 Å². The first-order valence-corrected chi connectivity index (χ1v) is 14.7. The van der Waals surface area contributed by atoms with Crippen molar-refractivity contribution in [2.24, 2.45) is 5.16 Å². The van der Waals surface area contributed by atoms with Crippen molar-refractivity contribution in [1.29, 1.82) is 0 Å². The Morgan fingerprint density at radius 1 is 1.32 bits per heavy atom. The van der Waals surface area contributed by atoms with Crippen LogP contribution in [0.2, 0.25) is 0 Å². The van der Waals surface area contributed by atoms with Gasteiger partial charge in [-0.2, -0.15) is 0 Å². The fourth-order valence-electron chi connectivity index (χ4n) is 3.77. The van der Waals surface area contributed by atoms with E-state index in [9.17, 15) is 18.6 Å². The number of aromatic nitrogens is 5. The zero-order valence-electron chi connectivity index (χ0n) is 22.5. The average Bonchev–Trinajstić information content (AvgIpc) is 3.48. The molecule has 2 amide bonds. The predicted octanol–water partition coefficient (Wildman–Crippen LogP) is 0.276. The van der Waals surface area contributed by atoms with Crippen molar-refractivity contribution in [1.82, 2.24) is 35.3 Å². The summed E-state index contributed by atoms with van der Waals surface area (Å²) in [5.74, 6) is -2.05. The SMILES string of the molecule is [B]n1nnc(C2=C(CCl)CS(=O)[C@@H]3[C@H](NC(=O)/C(=N\OC(C)(C)C(=O)OC(C)(C)C)c4csc(C)n4)C(=O)N23)n1. The maximum Gasteiger partial charge on any atom is 0.353 e. The summed E-state index contributed by atoms with van der Waals surface area (Å²) in [7, 11) is 3.91. The molecule has 2 aliphatic heterocycles. The molecule has 0 aliphatic carbocycles. The summed E-state index contributed by atoms with van der Waals surface area (Å²) in [6, 6.07) is -1.17. The van der Waals surface area contributed by atoms with Gasteiger partial charge in [-0.3, -0.25) is 18.7 Å². The highest BCUT2D eigenvalue weighted by Crippen LogP contribution is 2.38. The van der Waals surface area contributed by atoms with Gasteiger partial charge in [0.25, 0.3) is 19.8 Å². The molecule has 2 aliphatic rings. The molecule has 0 bridgehead atoms. The molecule has 1 saturated heterocycles. The molecular formula is C22H26BClN8O6S2. The van der Waals surface area contributed by atoms with Crippen molar-refractivity contribution in [3.8, 4) is 0 Å². The second-order valence-electron chi connectivity index (χ2n) is 10.4. The molecule has 2 aromatic heterocycles. The first kappa shape index (κ1) is 29.8. The molecule has 1 unspecified atom stereocenters. The normalized spacial score (nSPS) is 21.6. The van der Waals surface area contributed by atoms with Gasteiger partial charge in [-0.25, -0.2) is 14.5 Å². The largest absolute Gasteiger partial charge is 0.457 e. The number of rotatable bonds is 8. The number of tetrazole rings is 1. The van der Waals surface area contributed by atoms with E-state index >= 15 is 0 Å². The Morgan fingerprint density at radius 3 is 2.58 bits per heavy atom. The number of amides is 2. The number of esters is 1. The molecule has 3 atom stereocenters. The molecule has 40 heavy (non-hydrogen) atoms. The molecule has 1 fully saturated rings. The lowest BCUT2D eigenvalue weighted by Crippen LogP contribution is -2.73. The van der Waals surface area contributed by atoms with E-state index in [2.05, 4.69) is 30.9 Å². The fourth-order valence-corrected chi connectivity index (χ4v) is 6.39. The summed E-state index contributed by atoms with van der Waals surface area (Å²) >= 11 is 7.33. The number of ether oxygens (including phenoxy) is 1. The van der Waals surface area contributed by atoms with Crippen LogP contribution in [0.4, 0.5) is 0 Å². The lowest BCUT2D eigenvalue weighted by atomic mass is 10.0. The van der Waals surface area contributed by atoms with Gasteiger partial charge in [0.1, 0.15) is 22.7 Å². The molecule has 4 heterocycles. The van der Waals surface area contributed by atoms with Crippen molar-refractivity contribution in [3.05, 3.63) is 27.5 Å². The van der Waals surface area contributed by atoms with Crippen LogP contribution in [0.15, 0.2) is 16.1 Å². The van der Waals surface area contributed by atoms with Crippen LogP contribution in [-0.2, 0) is 34.8 Å². The highest BCUT2D eigenvalue weighted by molar-refractivity contribution is 7.86. The van der Waals surface area contributed by atoms with Gasteiger partial charge in [0.05, 0.1) is 27.3 Å². The van der Waals surface area contributed by atoms with Crippen molar-refractivity contribution in [2.45, 2.75) is 64.2 Å². The number of halogens is 1. The summed E-state index contributed by atoms with van der Waals surface area (Å²) in [5.41, 5.74) is -1.72. The molecule has 0 aromatic carbocycles. The summed E-state index contributed by atoms with van der Waals surface area (Å²) in [4.78, 5) is 50.3. The number of hydrogen-bond donors (Lipinski definition) is 1. The first-order chi connectivity index (χ1) is 18.6. The molecule has 212 valence electrons. The van der Waals surface area contributed by atoms with E-state index < -0.39 is 51.2 Å². The van der Waals surface area contributed by atoms with Crippen LogP contribution in [0.5, 0.6) is 0 Å². The van der Waals surface area contributed by atoms with Gasteiger partial charge in [0.15, 0.2) is 5.71 Å². The lowest BCUT2D eigenvalue weighted by molar-refractivity contribution is -0.179. The molecule has 0 spiro atoms. The van der Waals surface area contributed by atoms with Gasteiger partial charge in [0.2, 0.25) is 11.4 Å². The van der Waals surface area contributed by atoms with E-state index in [0.29, 0.717) is 10.6 Å². The molecular weight excluding hydrogens is 583 g/mol. The minimum absolute atomic E-state index is 0.0260. The topological polar surface area (TPSA) is 171 Å². The number of carbonyl (C=O) groups excluding carboxylic acids is 3. The Kier molecular flexibility index (Phi) is 8.20. The van der Waals surface area contributed by atoms with Crippen molar-refractivity contribution < 1.29 is 28.2 Å². The smallest absolute Gasteiger partial charge is 0.353 e. The maximum absolute atomic E-state index is 13.4. The zero-order valence-corrected chi connectivity index (χ0v) is 24.9. The number of nitrogens with one attached hydrogen (secondary N) is 1. The third kappa shape index (κ3) is 5.95. The van der Waals surface area contributed by atoms with Crippen LogP contribution in [-0.4, -0.2) is 99.9 Å². The van der Waals surface area contributed by atoms with Crippen LogP contribution < -0.4 is 5.32 Å². The van der Waals surface area contributed by atoms with E-state index in [1.807, 2.05) is 0 Å². The number of hydrogen-bond acceptors (Lipinski definition) is 12. The van der Waals surface area contributed by atoms with E-state index in [1.165, 1.54) is 30.1 Å². The summed E-state index contributed by atoms with van der Waals surface area (Å²) in [6.07, 6.45) is 0. The molecule has 4 rings (SSSR count). The number of nitrogens with zero attached hydrogens (tertiary/aromatic N) is 7. The van der Waals surface area contributed by atoms with Gasteiger partial charge >= 0.3 is 5.97 Å². The van der Waals surface area contributed by atoms with Crippen LogP contribution >= 0.6 is 22.9 Å². The molecule has 1 N–H and O–H groups in total. The van der Waals surface area contributed by atoms with Crippen LogP contribution in [0.1, 0.15) is 51.1 Å². The molecule has 0 saturated carbocycles. The number of aryl methyl sites for hydroxylation is 1. The van der Waals surface area contributed by atoms with Gasteiger partial charge in [-0.1, -0.05) is 10.4 Å². The Labute approximate surface area is 242 Å². The number of oxime groups is 1. The second kappa shape index (κ2) is 11.0. The second-order valence-corrected chi connectivity index (χ2v) is 13.3. The maximum atomic E-state index is 13.4. The Balaban J connectivity index is 1.59. The Bertz CT molecular complexity index is 1450. The minimum Gasteiger partial charge on any atom is -0.457 e. The Hall–Kier alpha value is -3.18.